The molecule has 1 aliphatic carbocycles. The van der Waals surface area contributed by atoms with Gasteiger partial charge in [0.05, 0.1) is 7.11 Å². The summed E-state index contributed by atoms with van der Waals surface area (Å²) >= 11 is 0. The molecule has 0 aromatic heterocycles. The van der Waals surface area contributed by atoms with E-state index in [2.05, 4.69) is 4.74 Å². The van der Waals surface area contributed by atoms with E-state index in [0.29, 0.717) is 0 Å². The molecule has 78 valence electrons. The summed E-state index contributed by atoms with van der Waals surface area (Å²) in [6.07, 6.45) is 3.91. The molecular weight excluding hydrogens is 184 g/mol. The molecule has 1 heterocycles. The Kier molecular flexibility index (Phi) is 2.44. The van der Waals surface area contributed by atoms with Crippen molar-refractivity contribution in [3.63, 3.8) is 0 Å². The summed E-state index contributed by atoms with van der Waals surface area (Å²) in [5.41, 5.74) is 0. The van der Waals surface area contributed by atoms with Gasteiger partial charge in [0.25, 0.3) is 0 Å². The molecular formula is C10H14O4. The van der Waals surface area contributed by atoms with E-state index < -0.39 is 17.9 Å². The van der Waals surface area contributed by atoms with Crippen LogP contribution in [-0.2, 0) is 19.1 Å². The van der Waals surface area contributed by atoms with Gasteiger partial charge in [0.2, 0.25) is 0 Å². The van der Waals surface area contributed by atoms with E-state index in [9.17, 15) is 9.59 Å². The van der Waals surface area contributed by atoms with E-state index in [0.717, 1.165) is 25.7 Å². The molecule has 2 rings (SSSR count). The van der Waals surface area contributed by atoms with Crippen LogP contribution in [0.15, 0.2) is 0 Å². The van der Waals surface area contributed by atoms with Crippen LogP contribution in [0.3, 0.4) is 0 Å². The minimum Gasteiger partial charge on any atom is -0.468 e. The van der Waals surface area contributed by atoms with Gasteiger partial charge in [-0.25, -0.2) is 0 Å². The Hall–Kier alpha value is -1.06. The van der Waals surface area contributed by atoms with E-state index >= 15 is 0 Å². The minimum atomic E-state index is -0.662. The molecule has 1 saturated carbocycles. The van der Waals surface area contributed by atoms with Crippen molar-refractivity contribution in [3.8, 4) is 0 Å². The Balaban J connectivity index is 2.15. The van der Waals surface area contributed by atoms with E-state index in [1.807, 2.05) is 0 Å². The van der Waals surface area contributed by atoms with Crippen LogP contribution in [-0.4, -0.2) is 25.2 Å². The van der Waals surface area contributed by atoms with Gasteiger partial charge in [-0.2, -0.15) is 0 Å². The molecule has 1 saturated heterocycles. The fourth-order valence-electron chi connectivity index (χ4n) is 2.45. The molecule has 2 aliphatic rings. The van der Waals surface area contributed by atoms with E-state index in [-0.39, 0.29) is 12.0 Å². The van der Waals surface area contributed by atoms with Crippen LogP contribution in [0.1, 0.15) is 25.7 Å². The van der Waals surface area contributed by atoms with Gasteiger partial charge >= 0.3 is 11.9 Å². The van der Waals surface area contributed by atoms with Gasteiger partial charge in [0, 0.05) is 5.92 Å². The van der Waals surface area contributed by atoms with Crippen molar-refractivity contribution in [2.75, 3.05) is 7.11 Å². The number of fused-ring (bicyclic) bond motifs is 1. The number of methoxy groups -OCH3 is 1. The topological polar surface area (TPSA) is 52.6 Å². The summed E-state index contributed by atoms with van der Waals surface area (Å²) in [4.78, 5) is 22.8. The number of hydrogen-bond donors (Lipinski definition) is 0. The van der Waals surface area contributed by atoms with Gasteiger partial charge < -0.3 is 9.47 Å². The zero-order chi connectivity index (χ0) is 10.1. The van der Waals surface area contributed by atoms with E-state index in [1.54, 1.807) is 0 Å². The monoisotopic (exact) mass is 198 g/mol. The first-order chi connectivity index (χ1) is 6.74. The summed E-state index contributed by atoms with van der Waals surface area (Å²) in [6, 6.07) is 0. The zero-order valence-electron chi connectivity index (χ0n) is 8.19. The summed E-state index contributed by atoms with van der Waals surface area (Å²) in [5.74, 6) is -1.44. The van der Waals surface area contributed by atoms with Gasteiger partial charge in [-0.05, 0) is 19.3 Å². The van der Waals surface area contributed by atoms with E-state index in [1.165, 1.54) is 7.11 Å². The highest BCUT2D eigenvalue weighted by molar-refractivity contribution is 5.96. The van der Waals surface area contributed by atoms with Crippen molar-refractivity contribution in [1.29, 1.82) is 0 Å². The lowest BCUT2D eigenvalue weighted by molar-refractivity contribution is -0.155. The van der Waals surface area contributed by atoms with Crippen LogP contribution >= 0.6 is 0 Å². The smallest absolute Gasteiger partial charge is 0.321 e. The fourth-order valence-corrected chi connectivity index (χ4v) is 2.45. The summed E-state index contributed by atoms with van der Waals surface area (Å²) in [5, 5.41) is 0. The van der Waals surface area contributed by atoms with Crippen LogP contribution in [0, 0.1) is 11.8 Å². The number of rotatable bonds is 1. The van der Waals surface area contributed by atoms with Crippen LogP contribution in [0.5, 0.6) is 0 Å². The lowest BCUT2D eigenvalue weighted by atomic mass is 9.80. The lowest BCUT2D eigenvalue weighted by Gasteiger charge is -2.24. The molecule has 3 atom stereocenters. The molecule has 4 nitrogen and oxygen atoms in total. The molecule has 0 N–H and O–H groups in total. The maximum absolute atomic E-state index is 11.4. The van der Waals surface area contributed by atoms with Gasteiger partial charge in [-0.1, -0.05) is 6.42 Å². The second kappa shape index (κ2) is 3.59. The second-order valence-corrected chi connectivity index (χ2v) is 3.92. The number of hydrogen-bond acceptors (Lipinski definition) is 4. The first kappa shape index (κ1) is 9.49. The van der Waals surface area contributed by atoms with Crippen molar-refractivity contribution in [1.82, 2.24) is 0 Å². The first-order valence-corrected chi connectivity index (χ1v) is 5.02. The van der Waals surface area contributed by atoms with Crippen LogP contribution in [0.2, 0.25) is 0 Å². The molecule has 0 aromatic carbocycles. The molecule has 0 radical (unpaired) electrons. The average molecular weight is 198 g/mol. The second-order valence-electron chi connectivity index (χ2n) is 3.92. The highest BCUT2D eigenvalue weighted by Gasteiger charge is 2.49. The number of carbonyl (C=O) groups excluding carboxylic acids is 2. The van der Waals surface area contributed by atoms with Crippen LogP contribution < -0.4 is 0 Å². The number of carbonyl (C=O) groups is 2. The first-order valence-electron chi connectivity index (χ1n) is 5.02. The van der Waals surface area contributed by atoms with Crippen LogP contribution in [0.25, 0.3) is 0 Å². The molecule has 0 amide bonds. The molecule has 0 unspecified atom stereocenters. The van der Waals surface area contributed by atoms with Gasteiger partial charge in [0.1, 0.15) is 6.10 Å². The standard InChI is InChI=1S/C10H14O4/c1-13-9(11)8-6-4-2-3-5-7(6)14-10(8)12/h6-8H,2-5H2,1H3/t6-,7-,8-/m0/s1. The third kappa shape index (κ3) is 1.38. The number of ether oxygens (including phenoxy) is 2. The molecule has 0 aromatic rings. The van der Waals surface area contributed by atoms with Crippen molar-refractivity contribution in [2.45, 2.75) is 31.8 Å². The molecule has 2 fully saturated rings. The fraction of sp³-hybridized carbons (Fsp3) is 0.800. The largest absolute Gasteiger partial charge is 0.468 e. The van der Waals surface area contributed by atoms with E-state index in [4.69, 9.17) is 4.74 Å². The molecule has 14 heavy (non-hydrogen) atoms. The highest BCUT2D eigenvalue weighted by Crippen LogP contribution is 2.39. The zero-order valence-corrected chi connectivity index (χ0v) is 8.19. The minimum absolute atomic E-state index is 0.0413. The predicted octanol–water partition coefficient (Wildman–Crippen LogP) is 0.891. The quantitative estimate of drug-likeness (QED) is 0.464. The highest BCUT2D eigenvalue weighted by atomic mass is 16.6. The maximum Gasteiger partial charge on any atom is 0.321 e. The summed E-state index contributed by atoms with van der Waals surface area (Å²) in [6.45, 7) is 0. The summed E-state index contributed by atoms with van der Waals surface area (Å²) in [7, 11) is 1.31. The Morgan fingerprint density at radius 2 is 2.14 bits per heavy atom. The van der Waals surface area contributed by atoms with Gasteiger partial charge in [0.15, 0.2) is 5.92 Å². The lowest BCUT2D eigenvalue weighted by Crippen LogP contribution is -2.30. The average Bonchev–Trinajstić information content (AvgIpc) is 2.53. The van der Waals surface area contributed by atoms with Crippen molar-refractivity contribution < 1.29 is 19.1 Å². The molecule has 0 bridgehead atoms. The van der Waals surface area contributed by atoms with Crippen molar-refractivity contribution in [3.05, 3.63) is 0 Å². The van der Waals surface area contributed by atoms with Crippen LogP contribution in [0.4, 0.5) is 0 Å². The molecule has 4 heteroatoms. The Labute approximate surface area is 82.6 Å². The van der Waals surface area contributed by atoms with Crippen molar-refractivity contribution in [2.24, 2.45) is 11.8 Å². The molecule has 0 spiro atoms. The Morgan fingerprint density at radius 3 is 2.86 bits per heavy atom. The number of esters is 2. The summed E-state index contributed by atoms with van der Waals surface area (Å²) < 4.78 is 9.77. The normalized spacial score (nSPS) is 36.1. The maximum atomic E-state index is 11.4. The Bertz CT molecular complexity index is 261. The van der Waals surface area contributed by atoms with Gasteiger partial charge in [-0.3, -0.25) is 9.59 Å². The SMILES string of the molecule is COC(=O)[C@H]1C(=O)O[C@H]2CCCC[C@H]12. The van der Waals surface area contributed by atoms with Crippen molar-refractivity contribution >= 4 is 11.9 Å². The molecule has 1 aliphatic heterocycles. The predicted molar refractivity (Wildman–Crippen MR) is 47.3 cm³/mol. The third-order valence-corrected chi connectivity index (χ3v) is 3.16. The Morgan fingerprint density at radius 1 is 1.43 bits per heavy atom. The third-order valence-electron chi connectivity index (χ3n) is 3.16. The van der Waals surface area contributed by atoms with Gasteiger partial charge in [-0.15, -0.1) is 0 Å².